The van der Waals surface area contributed by atoms with E-state index >= 15 is 0 Å². The number of rotatable bonds is 5. The molecule has 1 aliphatic rings. The molecular weight excluding hydrogens is 344 g/mol. The highest BCUT2D eigenvalue weighted by molar-refractivity contribution is 5.98. The van der Waals surface area contributed by atoms with E-state index in [0.29, 0.717) is 12.0 Å². The maximum Gasteiger partial charge on any atom is 0.339 e. The number of carbonyl (C=O) groups excluding carboxylic acids is 3. The monoisotopic (exact) mass is 366 g/mol. The molecule has 3 rings (SSSR count). The first-order chi connectivity index (χ1) is 13.0. The summed E-state index contributed by atoms with van der Waals surface area (Å²) >= 11 is 0. The molecule has 2 aromatic rings. The standard InChI is InChI=1S/C21H22N2O4/c1-3-14-8-5-7-11-17(14)22-19(24)13-23(2)20(25)18-12-15-9-4-6-10-16(15)21(26)27-18/h4-11,18H,3,12-13H2,1-2H3,(H,22,24). The van der Waals surface area contributed by atoms with Crippen LogP contribution in [0.2, 0.25) is 0 Å². The van der Waals surface area contributed by atoms with Gasteiger partial charge in [0.2, 0.25) is 5.91 Å². The van der Waals surface area contributed by atoms with Crippen LogP contribution < -0.4 is 5.32 Å². The van der Waals surface area contributed by atoms with Gasteiger partial charge in [0.15, 0.2) is 6.10 Å². The molecule has 140 valence electrons. The van der Waals surface area contributed by atoms with Crippen molar-refractivity contribution < 1.29 is 19.1 Å². The van der Waals surface area contributed by atoms with Crippen LogP contribution in [-0.4, -0.2) is 42.4 Å². The number of ether oxygens (including phenoxy) is 1. The summed E-state index contributed by atoms with van der Waals surface area (Å²) in [5, 5.41) is 2.83. The Morgan fingerprint density at radius 1 is 1.15 bits per heavy atom. The number of para-hydroxylation sites is 1. The van der Waals surface area contributed by atoms with Crippen LogP contribution in [0, 0.1) is 0 Å². The highest BCUT2D eigenvalue weighted by atomic mass is 16.5. The van der Waals surface area contributed by atoms with Crippen LogP contribution in [0.15, 0.2) is 48.5 Å². The SMILES string of the molecule is CCc1ccccc1NC(=O)CN(C)C(=O)C1Cc2ccccc2C(=O)O1. The lowest BCUT2D eigenvalue weighted by molar-refractivity contribution is -0.141. The molecule has 0 spiro atoms. The van der Waals surface area contributed by atoms with Gasteiger partial charge < -0.3 is 15.0 Å². The van der Waals surface area contributed by atoms with Crippen molar-refractivity contribution in [3.05, 3.63) is 65.2 Å². The van der Waals surface area contributed by atoms with Gasteiger partial charge in [-0.25, -0.2) is 4.79 Å². The van der Waals surface area contributed by atoms with Gasteiger partial charge in [-0.15, -0.1) is 0 Å². The molecule has 0 radical (unpaired) electrons. The molecule has 0 fully saturated rings. The number of anilines is 1. The fourth-order valence-electron chi connectivity index (χ4n) is 3.15. The van der Waals surface area contributed by atoms with Crippen LogP contribution in [-0.2, 0) is 27.2 Å². The van der Waals surface area contributed by atoms with Crippen LogP contribution in [0.25, 0.3) is 0 Å². The summed E-state index contributed by atoms with van der Waals surface area (Å²) in [4.78, 5) is 38.3. The number of cyclic esters (lactones) is 1. The third kappa shape index (κ3) is 4.16. The van der Waals surface area contributed by atoms with E-state index in [1.54, 1.807) is 12.1 Å². The lowest BCUT2D eigenvalue weighted by Crippen LogP contribution is -2.45. The van der Waals surface area contributed by atoms with E-state index in [4.69, 9.17) is 4.74 Å². The zero-order valence-corrected chi connectivity index (χ0v) is 15.4. The summed E-state index contributed by atoms with van der Waals surface area (Å²) in [6, 6.07) is 14.6. The number of aryl methyl sites for hydroxylation is 1. The summed E-state index contributed by atoms with van der Waals surface area (Å²) in [5.41, 5.74) is 3.03. The predicted molar refractivity (Wildman–Crippen MR) is 101 cm³/mol. The summed E-state index contributed by atoms with van der Waals surface area (Å²) in [6.07, 6.45) is 0.196. The summed E-state index contributed by atoms with van der Waals surface area (Å²) in [7, 11) is 1.53. The van der Waals surface area contributed by atoms with Gasteiger partial charge in [-0.05, 0) is 29.7 Å². The molecule has 2 amide bonds. The minimum absolute atomic E-state index is 0.118. The summed E-state index contributed by atoms with van der Waals surface area (Å²) < 4.78 is 5.27. The predicted octanol–water partition coefficient (Wildman–Crippen LogP) is 2.43. The third-order valence-electron chi connectivity index (χ3n) is 4.60. The van der Waals surface area contributed by atoms with E-state index < -0.39 is 18.0 Å². The maximum atomic E-state index is 12.6. The topological polar surface area (TPSA) is 75.7 Å². The number of benzene rings is 2. The number of nitrogens with zero attached hydrogens (tertiary/aromatic N) is 1. The van der Waals surface area contributed by atoms with Crippen molar-refractivity contribution >= 4 is 23.5 Å². The van der Waals surface area contributed by atoms with Crippen molar-refractivity contribution in [1.82, 2.24) is 4.90 Å². The highest BCUT2D eigenvalue weighted by Crippen LogP contribution is 2.21. The second-order valence-electron chi connectivity index (χ2n) is 6.51. The maximum absolute atomic E-state index is 12.6. The van der Waals surface area contributed by atoms with E-state index in [-0.39, 0.29) is 12.5 Å². The number of nitrogens with one attached hydrogen (secondary N) is 1. The molecule has 0 aliphatic carbocycles. The Labute approximate surface area is 158 Å². The van der Waals surface area contributed by atoms with Gasteiger partial charge >= 0.3 is 5.97 Å². The minimum Gasteiger partial charge on any atom is -0.448 e. The van der Waals surface area contributed by atoms with Gasteiger partial charge in [0, 0.05) is 19.2 Å². The second kappa shape index (κ2) is 8.03. The van der Waals surface area contributed by atoms with Crippen molar-refractivity contribution in [1.29, 1.82) is 0 Å². The molecule has 27 heavy (non-hydrogen) atoms. The van der Waals surface area contributed by atoms with Gasteiger partial charge in [0.05, 0.1) is 12.1 Å². The Hall–Kier alpha value is -3.15. The van der Waals surface area contributed by atoms with Crippen molar-refractivity contribution in [3.8, 4) is 0 Å². The highest BCUT2D eigenvalue weighted by Gasteiger charge is 2.33. The number of esters is 1. The average molecular weight is 366 g/mol. The average Bonchev–Trinajstić information content (AvgIpc) is 2.67. The van der Waals surface area contributed by atoms with Crippen molar-refractivity contribution in [2.45, 2.75) is 25.9 Å². The number of likely N-dealkylation sites (N-methyl/N-ethyl adjacent to an activating group) is 1. The molecule has 1 aliphatic heterocycles. The van der Waals surface area contributed by atoms with Crippen LogP contribution in [0.5, 0.6) is 0 Å². The quantitative estimate of drug-likeness (QED) is 0.825. The van der Waals surface area contributed by atoms with Crippen LogP contribution in [0.3, 0.4) is 0 Å². The summed E-state index contributed by atoms with van der Waals surface area (Å²) in [6.45, 7) is 1.89. The Morgan fingerprint density at radius 2 is 1.85 bits per heavy atom. The molecular formula is C21H22N2O4. The Bertz CT molecular complexity index is 878. The molecule has 1 heterocycles. The first kappa shape index (κ1) is 18.6. The van der Waals surface area contributed by atoms with Gasteiger partial charge in [-0.1, -0.05) is 43.3 Å². The smallest absolute Gasteiger partial charge is 0.339 e. The fraction of sp³-hybridized carbons (Fsp3) is 0.286. The first-order valence-electron chi connectivity index (χ1n) is 8.91. The number of fused-ring (bicyclic) bond motifs is 1. The minimum atomic E-state index is -0.909. The summed E-state index contributed by atoms with van der Waals surface area (Å²) in [5.74, 6) is -1.20. The Morgan fingerprint density at radius 3 is 2.63 bits per heavy atom. The van der Waals surface area contributed by atoms with E-state index in [1.807, 2.05) is 43.3 Å². The molecule has 2 aromatic carbocycles. The van der Waals surface area contributed by atoms with Crippen LogP contribution >= 0.6 is 0 Å². The van der Waals surface area contributed by atoms with Gasteiger partial charge in [0.25, 0.3) is 5.91 Å². The number of amides is 2. The fourth-order valence-corrected chi connectivity index (χ4v) is 3.15. The molecule has 1 atom stereocenters. The van der Waals surface area contributed by atoms with Gasteiger partial charge in [-0.2, -0.15) is 0 Å². The van der Waals surface area contributed by atoms with Crippen molar-refractivity contribution in [3.63, 3.8) is 0 Å². The molecule has 0 saturated carbocycles. The molecule has 0 bridgehead atoms. The molecule has 0 aromatic heterocycles. The molecule has 6 heteroatoms. The number of carbonyl (C=O) groups is 3. The van der Waals surface area contributed by atoms with E-state index in [2.05, 4.69) is 5.32 Å². The van der Waals surface area contributed by atoms with Crippen LogP contribution in [0.4, 0.5) is 5.69 Å². The Kier molecular flexibility index (Phi) is 5.54. The van der Waals surface area contributed by atoms with Crippen LogP contribution in [0.1, 0.15) is 28.4 Å². The lowest BCUT2D eigenvalue weighted by Gasteiger charge is -2.27. The zero-order chi connectivity index (χ0) is 19.4. The molecule has 0 saturated heterocycles. The molecule has 6 nitrogen and oxygen atoms in total. The van der Waals surface area contributed by atoms with E-state index in [0.717, 1.165) is 23.2 Å². The number of hydrogen-bond acceptors (Lipinski definition) is 4. The number of hydrogen-bond donors (Lipinski definition) is 1. The van der Waals surface area contributed by atoms with Gasteiger partial charge in [-0.3, -0.25) is 9.59 Å². The second-order valence-corrected chi connectivity index (χ2v) is 6.51. The normalized spacial score (nSPS) is 15.5. The van der Waals surface area contributed by atoms with Crippen molar-refractivity contribution in [2.75, 3.05) is 18.9 Å². The lowest BCUT2D eigenvalue weighted by atomic mass is 9.98. The third-order valence-corrected chi connectivity index (χ3v) is 4.60. The molecule has 1 unspecified atom stereocenters. The largest absolute Gasteiger partial charge is 0.448 e. The van der Waals surface area contributed by atoms with Crippen molar-refractivity contribution in [2.24, 2.45) is 0 Å². The zero-order valence-electron chi connectivity index (χ0n) is 15.4. The Balaban J connectivity index is 1.62. The van der Waals surface area contributed by atoms with E-state index in [9.17, 15) is 14.4 Å². The first-order valence-corrected chi connectivity index (χ1v) is 8.91. The van der Waals surface area contributed by atoms with E-state index in [1.165, 1.54) is 11.9 Å². The van der Waals surface area contributed by atoms with Gasteiger partial charge in [0.1, 0.15) is 0 Å². The molecule has 1 N–H and O–H groups in total.